The van der Waals surface area contributed by atoms with Crippen LogP contribution in [0.5, 0.6) is 0 Å². The molecule has 0 saturated carbocycles. The Morgan fingerprint density at radius 2 is 0.816 bits per heavy atom. The quantitative estimate of drug-likeness (QED) is 0.145. The average molecular weight is 635 g/mol. The van der Waals surface area contributed by atoms with Gasteiger partial charge in [-0.25, -0.2) is 0 Å². The monoisotopic (exact) mass is 634 g/mol. The van der Waals surface area contributed by atoms with E-state index in [0.29, 0.717) is 4.04 Å². The molecule has 6 heteroatoms. The summed E-state index contributed by atoms with van der Waals surface area (Å²) in [7, 11) is -1.40. The summed E-state index contributed by atoms with van der Waals surface area (Å²) in [5.74, 6) is -0.930. The van der Waals surface area contributed by atoms with Crippen LogP contribution < -0.4 is 31.4 Å². The molecule has 0 aromatic heterocycles. The van der Waals surface area contributed by atoms with Gasteiger partial charge in [0.05, 0.1) is 0 Å². The Morgan fingerprint density at radius 3 is 1.13 bits per heavy atom. The molecule has 0 aliphatic rings. The minimum atomic E-state index is -1.64. The van der Waals surface area contributed by atoms with E-state index in [1.807, 2.05) is 24.3 Å². The van der Waals surface area contributed by atoms with Gasteiger partial charge in [-0.05, 0) is 0 Å². The molecular weight excluding hydrogens is 605 g/mol. The number of halogens is 2. The van der Waals surface area contributed by atoms with Crippen molar-refractivity contribution in [3.8, 4) is 0 Å². The fourth-order valence-corrected chi connectivity index (χ4v) is 19.2. The zero-order valence-corrected chi connectivity index (χ0v) is 24.2. The van der Waals surface area contributed by atoms with E-state index in [9.17, 15) is 4.39 Å². The molecule has 1 nitrogen and oxygen atoms in total. The maximum atomic E-state index is 15.4. The zero-order chi connectivity index (χ0) is 25.5. The third-order valence-corrected chi connectivity index (χ3v) is 18.7. The Kier molecular flexibility index (Phi) is 10.5. The maximum Gasteiger partial charge on any atom is -0.344 e. The van der Waals surface area contributed by atoms with Crippen molar-refractivity contribution >= 4 is 41.1 Å². The van der Waals surface area contributed by atoms with Crippen molar-refractivity contribution in [2.24, 2.45) is 0 Å². The van der Waals surface area contributed by atoms with Crippen molar-refractivity contribution in [1.29, 1.82) is 0 Å². The molecule has 38 heavy (non-hydrogen) atoms. The molecule has 0 saturated heterocycles. The number of hydrogen-bond acceptors (Lipinski definition) is 1. The first-order valence-electron chi connectivity index (χ1n) is 11.9. The molecule has 0 atom stereocenters. The SMILES string of the molecule is Fc1cc[c]([Pd]([CH2]P(c2ccccc2)c2ccccc2)[CH2]P(c2ccccc2)c2ccccc2)c(F)c1.N. The van der Waals surface area contributed by atoms with E-state index in [1.165, 1.54) is 27.3 Å². The molecule has 3 N–H and O–H groups in total. The fourth-order valence-electron chi connectivity index (χ4n) is 3.98. The summed E-state index contributed by atoms with van der Waals surface area (Å²) in [5.41, 5.74) is 0. The fraction of sp³-hybridized carbons (Fsp3) is 0.0625. The minimum absolute atomic E-state index is 0. The minimum Gasteiger partial charge on any atom is -0.344 e. The molecule has 0 radical (unpaired) electrons. The molecule has 0 aliphatic carbocycles. The van der Waals surface area contributed by atoms with Gasteiger partial charge in [0.25, 0.3) is 0 Å². The first-order chi connectivity index (χ1) is 18.2. The van der Waals surface area contributed by atoms with Gasteiger partial charge in [-0.3, -0.25) is 0 Å². The Hall–Kier alpha value is -2.56. The van der Waals surface area contributed by atoms with Gasteiger partial charge in [-0.15, -0.1) is 0 Å². The molecule has 5 rings (SSSR count). The van der Waals surface area contributed by atoms with E-state index < -0.39 is 44.2 Å². The summed E-state index contributed by atoms with van der Waals surface area (Å²) in [6.07, 6.45) is 0. The van der Waals surface area contributed by atoms with E-state index in [1.54, 1.807) is 6.07 Å². The van der Waals surface area contributed by atoms with Gasteiger partial charge in [0.15, 0.2) is 0 Å². The predicted molar refractivity (Wildman–Crippen MR) is 159 cm³/mol. The average Bonchev–Trinajstić information content (AvgIpc) is 2.95. The van der Waals surface area contributed by atoms with Crippen molar-refractivity contribution in [2.75, 3.05) is 9.27 Å². The van der Waals surface area contributed by atoms with Gasteiger partial charge >= 0.3 is 227 Å². The molecule has 5 aromatic rings. The van der Waals surface area contributed by atoms with E-state index in [-0.39, 0.29) is 6.15 Å². The molecule has 0 amide bonds. The van der Waals surface area contributed by atoms with Crippen molar-refractivity contribution in [3.63, 3.8) is 0 Å². The molecule has 0 unspecified atom stereocenters. The molecule has 197 valence electrons. The molecule has 0 heterocycles. The van der Waals surface area contributed by atoms with Crippen LogP contribution in [0.25, 0.3) is 0 Å². The second-order valence-corrected chi connectivity index (χ2v) is 18.1. The zero-order valence-electron chi connectivity index (χ0n) is 20.9. The van der Waals surface area contributed by atoms with Gasteiger partial charge in [0.1, 0.15) is 0 Å². The maximum absolute atomic E-state index is 15.4. The van der Waals surface area contributed by atoms with Gasteiger partial charge in [-0.1, -0.05) is 0 Å². The Bertz CT molecular complexity index is 1240. The number of benzene rings is 5. The van der Waals surface area contributed by atoms with E-state index >= 15 is 4.39 Å². The van der Waals surface area contributed by atoms with Gasteiger partial charge in [0, 0.05) is 0 Å². The first-order valence-corrected chi connectivity index (χ1v) is 17.9. The van der Waals surface area contributed by atoms with Crippen LogP contribution in [0, 0.1) is 11.6 Å². The van der Waals surface area contributed by atoms with Crippen molar-refractivity contribution in [1.82, 2.24) is 6.15 Å². The van der Waals surface area contributed by atoms with Crippen LogP contribution in [-0.4, -0.2) is 9.27 Å². The van der Waals surface area contributed by atoms with E-state index in [4.69, 9.17) is 0 Å². The van der Waals surface area contributed by atoms with Crippen LogP contribution in [0.4, 0.5) is 8.78 Å². The van der Waals surface area contributed by atoms with Crippen molar-refractivity contribution in [2.45, 2.75) is 0 Å². The summed E-state index contributed by atoms with van der Waals surface area (Å²) < 4.78 is 31.9. The molecule has 0 spiro atoms. The summed E-state index contributed by atoms with van der Waals surface area (Å²) in [6.45, 7) is 0. The van der Waals surface area contributed by atoms with Crippen LogP contribution >= 0.6 is 15.8 Å². The second-order valence-electron chi connectivity index (χ2n) is 8.31. The van der Waals surface area contributed by atoms with Crippen LogP contribution in [0.15, 0.2) is 140 Å². The Labute approximate surface area is 232 Å². The molecule has 0 aliphatic heterocycles. The smallest absolute Gasteiger partial charge is 0.344 e. The molecule has 0 fully saturated rings. The number of rotatable bonds is 9. The van der Waals surface area contributed by atoms with Gasteiger partial charge in [0.2, 0.25) is 0 Å². The van der Waals surface area contributed by atoms with Crippen molar-refractivity contribution in [3.05, 3.63) is 151 Å². The third-order valence-electron chi connectivity index (χ3n) is 5.81. The largest absolute Gasteiger partial charge is 0.344 e. The van der Waals surface area contributed by atoms with Crippen LogP contribution in [0.3, 0.4) is 0 Å². The predicted octanol–water partition coefficient (Wildman–Crippen LogP) is 6.55. The van der Waals surface area contributed by atoms with Crippen LogP contribution in [0.1, 0.15) is 0 Å². The molecule has 0 bridgehead atoms. The topological polar surface area (TPSA) is 35.0 Å². The van der Waals surface area contributed by atoms with Crippen molar-refractivity contribution < 1.29 is 25.5 Å². The normalized spacial score (nSPS) is 11.3. The van der Waals surface area contributed by atoms with Crippen LogP contribution in [-0.2, 0) is 16.8 Å². The third kappa shape index (κ3) is 7.09. The van der Waals surface area contributed by atoms with Crippen LogP contribution in [0.2, 0.25) is 0 Å². The second kappa shape index (κ2) is 14.0. The van der Waals surface area contributed by atoms with Gasteiger partial charge < -0.3 is 6.15 Å². The first kappa shape index (κ1) is 28.5. The standard InChI is InChI=1S/2C13H12P.C6H3F2.H3N.Pd/c2*1-14(12-8-4-2-5-9-12)13-10-6-3-7-11-13;7-5-2-1-3-6(8)4-5;;/h2*2-11H,1H2;1-2,4H;1H3;. The summed E-state index contributed by atoms with van der Waals surface area (Å²) in [4.78, 5) is 0. The summed E-state index contributed by atoms with van der Waals surface area (Å²) in [6, 6.07) is 46.6. The Balaban J connectivity index is 0.00000336. The number of hydrogen-bond donors (Lipinski definition) is 1. The van der Waals surface area contributed by atoms with Gasteiger partial charge in [-0.2, -0.15) is 0 Å². The molecule has 5 aromatic carbocycles. The van der Waals surface area contributed by atoms with E-state index in [2.05, 4.69) is 97.1 Å². The Morgan fingerprint density at radius 1 is 0.474 bits per heavy atom. The summed E-state index contributed by atoms with van der Waals surface area (Å²) in [5, 5.41) is 5.17. The summed E-state index contributed by atoms with van der Waals surface area (Å²) >= 11 is -1.64. The van der Waals surface area contributed by atoms with E-state index in [0.717, 1.165) is 15.3 Å². The molecular formula is C32H30F2NP2Pd.